The van der Waals surface area contributed by atoms with E-state index in [1.54, 1.807) is 28.7 Å². The van der Waals surface area contributed by atoms with Crippen LogP contribution in [0.25, 0.3) is 0 Å². The van der Waals surface area contributed by atoms with Gasteiger partial charge < -0.3 is 0 Å². The summed E-state index contributed by atoms with van der Waals surface area (Å²) in [6.07, 6.45) is 3.69. The third-order valence-electron chi connectivity index (χ3n) is 2.54. The Bertz CT molecular complexity index is 514. The Labute approximate surface area is 109 Å². The Morgan fingerprint density at radius 1 is 1.56 bits per heavy atom. The molecule has 1 unspecified atom stereocenters. The van der Waals surface area contributed by atoms with Gasteiger partial charge in [-0.1, -0.05) is 6.07 Å². The maximum atomic E-state index is 13.0. The average molecular weight is 266 g/mol. The second-order valence-electron chi connectivity index (χ2n) is 3.93. The zero-order valence-corrected chi connectivity index (χ0v) is 10.8. The maximum absolute atomic E-state index is 13.0. The molecule has 0 aliphatic carbocycles. The fourth-order valence-electron chi connectivity index (χ4n) is 1.60. The largest absolute Gasteiger partial charge is 0.275 e. The summed E-state index contributed by atoms with van der Waals surface area (Å²) in [6, 6.07) is 6.52. The van der Waals surface area contributed by atoms with Crippen LogP contribution in [0.3, 0.4) is 0 Å². The summed E-state index contributed by atoms with van der Waals surface area (Å²) < 4.78 is 14.8. The van der Waals surface area contributed by atoms with Crippen molar-refractivity contribution in [3.8, 4) is 0 Å². The first-order valence-electron chi connectivity index (χ1n) is 5.52. The van der Waals surface area contributed by atoms with Crippen molar-refractivity contribution in [3.05, 3.63) is 48.0 Å². The summed E-state index contributed by atoms with van der Waals surface area (Å²) in [7, 11) is 1.86. The Morgan fingerprint density at radius 2 is 2.39 bits per heavy atom. The van der Waals surface area contributed by atoms with Crippen LogP contribution in [0.2, 0.25) is 0 Å². The normalized spacial score (nSPS) is 12.6. The maximum Gasteiger partial charge on any atom is 0.124 e. The van der Waals surface area contributed by atoms with Gasteiger partial charge in [0.1, 0.15) is 5.82 Å². The van der Waals surface area contributed by atoms with Crippen LogP contribution >= 0.6 is 11.8 Å². The molecule has 2 rings (SSSR count). The third-order valence-corrected chi connectivity index (χ3v) is 3.63. The molecule has 1 atom stereocenters. The molecule has 1 aromatic heterocycles. The molecular formula is C12H15FN4S. The molecule has 6 heteroatoms. The number of nitrogens with zero attached hydrogens (tertiary/aromatic N) is 2. The molecule has 0 amide bonds. The second kappa shape index (κ2) is 5.99. The van der Waals surface area contributed by atoms with Gasteiger partial charge in [0.25, 0.3) is 0 Å². The number of benzene rings is 1. The summed E-state index contributed by atoms with van der Waals surface area (Å²) in [6.45, 7) is 0. The number of rotatable bonds is 5. The van der Waals surface area contributed by atoms with E-state index in [0.717, 1.165) is 10.5 Å². The molecule has 1 aromatic carbocycles. The van der Waals surface area contributed by atoms with Gasteiger partial charge in [0.15, 0.2) is 0 Å². The number of aromatic nitrogens is 2. The van der Waals surface area contributed by atoms with Crippen molar-refractivity contribution in [2.24, 2.45) is 12.9 Å². The van der Waals surface area contributed by atoms with E-state index in [1.807, 2.05) is 19.3 Å². The highest BCUT2D eigenvalue weighted by molar-refractivity contribution is 7.99. The van der Waals surface area contributed by atoms with E-state index < -0.39 is 0 Å². The number of thioether (sulfide) groups is 1. The van der Waals surface area contributed by atoms with Gasteiger partial charge in [-0.3, -0.25) is 16.0 Å². The summed E-state index contributed by atoms with van der Waals surface area (Å²) in [4.78, 5) is 0.888. The highest BCUT2D eigenvalue weighted by atomic mass is 32.2. The van der Waals surface area contributed by atoms with Crippen LogP contribution in [0.4, 0.5) is 4.39 Å². The van der Waals surface area contributed by atoms with E-state index in [4.69, 9.17) is 5.84 Å². The van der Waals surface area contributed by atoms with E-state index >= 15 is 0 Å². The molecule has 96 valence electrons. The Morgan fingerprint density at radius 3 is 3.00 bits per heavy atom. The molecule has 0 saturated carbocycles. The minimum absolute atomic E-state index is 0.00744. The molecule has 0 bridgehead atoms. The topological polar surface area (TPSA) is 55.9 Å². The number of aryl methyl sites for hydroxylation is 1. The molecule has 0 spiro atoms. The number of nitrogens with one attached hydrogen (secondary N) is 1. The predicted octanol–water partition coefficient (Wildman–Crippen LogP) is 1.86. The molecule has 0 saturated heterocycles. The number of nitrogens with two attached hydrogens (primary N) is 1. The van der Waals surface area contributed by atoms with Crippen molar-refractivity contribution >= 4 is 11.8 Å². The lowest BCUT2D eigenvalue weighted by molar-refractivity contribution is 0.609. The van der Waals surface area contributed by atoms with Crippen LogP contribution in [0.1, 0.15) is 11.6 Å². The van der Waals surface area contributed by atoms with Gasteiger partial charge >= 0.3 is 0 Å². The van der Waals surface area contributed by atoms with Crippen molar-refractivity contribution in [2.45, 2.75) is 10.9 Å². The van der Waals surface area contributed by atoms with Gasteiger partial charge in [-0.2, -0.15) is 5.10 Å². The van der Waals surface area contributed by atoms with Crippen LogP contribution in [0, 0.1) is 5.82 Å². The number of hydrazine groups is 1. The molecule has 0 fully saturated rings. The minimum Gasteiger partial charge on any atom is -0.275 e. The first kappa shape index (κ1) is 13.1. The Kier molecular flexibility index (Phi) is 4.35. The molecule has 4 nitrogen and oxygen atoms in total. The summed E-state index contributed by atoms with van der Waals surface area (Å²) in [5, 5.41) is 4.11. The lowest BCUT2D eigenvalue weighted by Crippen LogP contribution is -2.29. The summed E-state index contributed by atoms with van der Waals surface area (Å²) in [5.41, 5.74) is 3.77. The van der Waals surface area contributed by atoms with E-state index in [2.05, 4.69) is 10.5 Å². The van der Waals surface area contributed by atoms with Crippen molar-refractivity contribution in [3.63, 3.8) is 0 Å². The van der Waals surface area contributed by atoms with Gasteiger partial charge in [-0.25, -0.2) is 4.39 Å². The van der Waals surface area contributed by atoms with E-state index in [9.17, 15) is 4.39 Å². The van der Waals surface area contributed by atoms with E-state index in [-0.39, 0.29) is 11.9 Å². The quantitative estimate of drug-likeness (QED) is 0.493. The third kappa shape index (κ3) is 3.32. The van der Waals surface area contributed by atoms with Crippen molar-refractivity contribution < 1.29 is 4.39 Å². The van der Waals surface area contributed by atoms with Gasteiger partial charge in [-0.05, 0) is 18.2 Å². The van der Waals surface area contributed by atoms with Gasteiger partial charge in [0.2, 0.25) is 0 Å². The molecule has 0 aliphatic rings. The standard InChI is InChI=1S/C12H15FN4S/c1-17-7-9(6-15-17)12(16-14)8-18-11-4-2-3-10(13)5-11/h2-7,12,16H,8,14H2,1H3. The van der Waals surface area contributed by atoms with Gasteiger partial charge in [-0.15, -0.1) is 11.8 Å². The second-order valence-corrected chi connectivity index (χ2v) is 5.03. The minimum atomic E-state index is -0.223. The molecule has 18 heavy (non-hydrogen) atoms. The summed E-state index contributed by atoms with van der Waals surface area (Å²) >= 11 is 1.55. The van der Waals surface area contributed by atoms with Crippen LogP contribution in [-0.4, -0.2) is 15.5 Å². The Balaban J connectivity index is 1.99. The average Bonchev–Trinajstić information content (AvgIpc) is 2.77. The van der Waals surface area contributed by atoms with E-state index in [1.165, 1.54) is 12.1 Å². The number of hydrogen-bond donors (Lipinski definition) is 2. The molecule has 0 radical (unpaired) electrons. The molecule has 1 heterocycles. The fraction of sp³-hybridized carbons (Fsp3) is 0.250. The SMILES string of the molecule is Cn1cc(C(CSc2cccc(F)c2)NN)cn1. The first-order chi connectivity index (χ1) is 8.69. The smallest absolute Gasteiger partial charge is 0.124 e. The first-order valence-corrected chi connectivity index (χ1v) is 6.50. The zero-order chi connectivity index (χ0) is 13.0. The summed E-state index contributed by atoms with van der Waals surface area (Å²) in [5.74, 6) is 6.02. The molecular weight excluding hydrogens is 251 g/mol. The lowest BCUT2D eigenvalue weighted by Gasteiger charge is -2.13. The van der Waals surface area contributed by atoms with Crippen LogP contribution in [-0.2, 0) is 7.05 Å². The van der Waals surface area contributed by atoms with Gasteiger partial charge in [0.05, 0.1) is 12.2 Å². The molecule has 3 N–H and O–H groups in total. The van der Waals surface area contributed by atoms with Crippen LogP contribution in [0.5, 0.6) is 0 Å². The van der Waals surface area contributed by atoms with Crippen molar-refractivity contribution in [2.75, 3.05) is 5.75 Å². The molecule has 0 aliphatic heterocycles. The van der Waals surface area contributed by atoms with Crippen molar-refractivity contribution in [1.82, 2.24) is 15.2 Å². The monoisotopic (exact) mass is 266 g/mol. The van der Waals surface area contributed by atoms with Crippen LogP contribution < -0.4 is 11.3 Å². The van der Waals surface area contributed by atoms with Gasteiger partial charge in [0, 0.05) is 29.5 Å². The highest BCUT2D eigenvalue weighted by Crippen LogP contribution is 2.24. The highest BCUT2D eigenvalue weighted by Gasteiger charge is 2.12. The fourth-order valence-corrected chi connectivity index (χ4v) is 2.62. The Hall–Kier alpha value is -1.37. The molecule has 2 aromatic rings. The van der Waals surface area contributed by atoms with Crippen LogP contribution in [0.15, 0.2) is 41.6 Å². The van der Waals surface area contributed by atoms with E-state index in [0.29, 0.717) is 5.75 Å². The number of hydrogen-bond acceptors (Lipinski definition) is 4. The zero-order valence-electron chi connectivity index (χ0n) is 10.0. The predicted molar refractivity (Wildman–Crippen MR) is 70.4 cm³/mol. The number of halogens is 1. The van der Waals surface area contributed by atoms with Crippen molar-refractivity contribution in [1.29, 1.82) is 0 Å². The lowest BCUT2D eigenvalue weighted by atomic mass is 10.2.